The average Bonchev–Trinajstić information content (AvgIpc) is 3.55. The fourth-order valence-electron chi connectivity index (χ4n) is 3.75. The van der Waals surface area contributed by atoms with Gasteiger partial charge in [0.25, 0.3) is 5.91 Å². The first-order valence-electron chi connectivity index (χ1n) is 10.7. The predicted molar refractivity (Wildman–Crippen MR) is 126 cm³/mol. The second-order valence-corrected chi connectivity index (χ2v) is 8.62. The molecule has 0 unspecified atom stereocenters. The molecule has 1 fully saturated rings. The molecule has 166 valence electrons. The normalized spacial score (nSPS) is 13.6. The Hall–Kier alpha value is -3.85. The Morgan fingerprint density at radius 1 is 1.00 bits per heavy atom. The number of furan rings is 1. The standard InChI is InChI=1S/C24H21N5O3S/c30-21(17-7-2-3-10-25-17)22-20(18-8-6-14-32-18)27-24(33-22)28-23(31)16-9-11-26-19(15-16)29-12-4-1-5-13-29/h2-3,6-11,14-15H,1,4-5,12-13H2,(H,27,28,31). The molecule has 1 amide bonds. The molecule has 0 bridgehead atoms. The third-order valence-electron chi connectivity index (χ3n) is 5.39. The third kappa shape index (κ3) is 4.54. The Morgan fingerprint density at radius 3 is 2.64 bits per heavy atom. The van der Waals surface area contributed by atoms with Crippen LogP contribution < -0.4 is 10.2 Å². The molecule has 5 heterocycles. The molecule has 1 saturated heterocycles. The molecule has 0 spiro atoms. The topological polar surface area (TPSA) is 101 Å². The maximum Gasteiger partial charge on any atom is 0.257 e. The second-order valence-electron chi connectivity index (χ2n) is 7.62. The van der Waals surface area contributed by atoms with Gasteiger partial charge in [0, 0.05) is 31.0 Å². The molecule has 0 radical (unpaired) electrons. The molecule has 0 atom stereocenters. The molecule has 5 rings (SSSR count). The van der Waals surface area contributed by atoms with Crippen LogP contribution in [0, 0.1) is 0 Å². The van der Waals surface area contributed by atoms with Crippen molar-refractivity contribution in [1.82, 2.24) is 15.0 Å². The van der Waals surface area contributed by atoms with Crippen LogP contribution in [0.25, 0.3) is 11.5 Å². The highest BCUT2D eigenvalue weighted by molar-refractivity contribution is 7.18. The van der Waals surface area contributed by atoms with Crippen LogP contribution in [0.2, 0.25) is 0 Å². The van der Waals surface area contributed by atoms with Crippen molar-refractivity contribution >= 4 is 34.0 Å². The van der Waals surface area contributed by atoms with Crippen molar-refractivity contribution in [3.05, 3.63) is 77.3 Å². The zero-order valence-electron chi connectivity index (χ0n) is 17.7. The van der Waals surface area contributed by atoms with Crippen LogP contribution in [0.1, 0.15) is 45.0 Å². The van der Waals surface area contributed by atoms with E-state index in [0.29, 0.717) is 32.7 Å². The van der Waals surface area contributed by atoms with E-state index in [2.05, 4.69) is 25.2 Å². The third-order valence-corrected chi connectivity index (χ3v) is 6.36. The van der Waals surface area contributed by atoms with Crippen molar-refractivity contribution in [3.8, 4) is 11.5 Å². The summed E-state index contributed by atoms with van der Waals surface area (Å²) in [6, 6.07) is 12.1. The van der Waals surface area contributed by atoms with Crippen LogP contribution in [-0.4, -0.2) is 39.7 Å². The summed E-state index contributed by atoms with van der Waals surface area (Å²) in [5, 5.41) is 3.13. The number of amides is 1. The summed E-state index contributed by atoms with van der Waals surface area (Å²) in [5.74, 6) is 0.648. The minimum atomic E-state index is -0.313. The van der Waals surface area contributed by atoms with E-state index in [1.807, 2.05) is 0 Å². The number of carbonyl (C=O) groups is 2. The number of ketones is 1. The molecule has 9 heteroatoms. The van der Waals surface area contributed by atoms with Crippen LogP contribution >= 0.6 is 11.3 Å². The number of thiazole rings is 1. The zero-order chi connectivity index (χ0) is 22.6. The van der Waals surface area contributed by atoms with Crippen LogP contribution in [0.15, 0.2) is 65.5 Å². The number of hydrogen-bond acceptors (Lipinski definition) is 8. The summed E-state index contributed by atoms with van der Waals surface area (Å²) in [6.07, 6.45) is 8.19. The molecule has 1 aliphatic heterocycles. The van der Waals surface area contributed by atoms with Crippen LogP contribution in [0.3, 0.4) is 0 Å². The van der Waals surface area contributed by atoms with Gasteiger partial charge in [-0.1, -0.05) is 17.4 Å². The molecule has 8 nitrogen and oxygen atoms in total. The summed E-state index contributed by atoms with van der Waals surface area (Å²) >= 11 is 1.10. The summed E-state index contributed by atoms with van der Waals surface area (Å²) in [6.45, 7) is 1.88. The summed E-state index contributed by atoms with van der Waals surface area (Å²) in [5.41, 5.74) is 1.16. The number of pyridine rings is 2. The lowest BCUT2D eigenvalue weighted by atomic mass is 10.1. The van der Waals surface area contributed by atoms with E-state index >= 15 is 0 Å². The highest BCUT2D eigenvalue weighted by Gasteiger charge is 2.24. The smallest absolute Gasteiger partial charge is 0.257 e. The van der Waals surface area contributed by atoms with Gasteiger partial charge in [0.15, 0.2) is 10.9 Å². The molecule has 4 aromatic rings. The van der Waals surface area contributed by atoms with E-state index in [4.69, 9.17) is 4.42 Å². The summed E-state index contributed by atoms with van der Waals surface area (Å²) < 4.78 is 5.48. The highest BCUT2D eigenvalue weighted by atomic mass is 32.1. The Morgan fingerprint density at radius 2 is 1.88 bits per heavy atom. The van der Waals surface area contributed by atoms with Gasteiger partial charge in [-0.2, -0.15) is 0 Å². The number of nitrogens with one attached hydrogen (secondary N) is 1. The Labute approximate surface area is 194 Å². The molecule has 1 N–H and O–H groups in total. The molecule has 0 saturated carbocycles. The van der Waals surface area contributed by atoms with Crippen LogP contribution in [-0.2, 0) is 0 Å². The molecule has 1 aliphatic rings. The van der Waals surface area contributed by atoms with E-state index < -0.39 is 0 Å². The van der Waals surface area contributed by atoms with Crippen molar-refractivity contribution in [2.75, 3.05) is 23.3 Å². The van der Waals surface area contributed by atoms with Crippen molar-refractivity contribution in [3.63, 3.8) is 0 Å². The average molecular weight is 460 g/mol. The largest absolute Gasteiger partial charge is 0.463 e. The second kappa shape index (κ2) is 9.33. The SMILES string of the molecule is O=C(Nc1nc(-c2ccco2)c(C(=O)c2ccccn2)s1)c1ccnc(N2CCCCC2)c1. The predicted octanol–water partition coefficient (Wildman–Crippen LogP) is 4.67. The zero-order valence-corrected chi connectivity index (χ0v) is 18.5. The molecule has 33 heavy (non-hydrogen) atoms. The van der Waals surface area contributed by atoms with Crippen LogP contribution in [0.5, 0.6) is 0 Å². The Kier molecular flexibility index (Phi) is 5.95. The molecule has 0 aromatic carbocycles. The van der Waals surface area contributed by atoms with Gasteiger partial charge in [-0.25, -0.2) is 9.97 Å². The van der Waals surface area contributed by atoms with Crippen molar-refractivity contribution < 1.29 is 14.0 Å². The molecule has 0 aliphatic carbocycles. The number of rotatable bonds is 6. The van der Waals surface area contributed by atoms with E-state index in [0.717, 1.165) is 43.1 Å². The maximum atomic E-state index is 13.1. The van der Waals surface area contributed by atoms with Crippen molar-refractivity contribution in [2.45, 2.75) is 19.3 Å². The fourth-order valence-corrected chi connectivity index (χ4v) is 4.66. The number of carbonyl (C=O) groups excluding carboxylic acids is 2. The first-order chi connectivity index (χ1) is 16.2. The van der Waals surface area contributed by atoms with Gasteiger partial charge in [-0.3, -0.25) is 19.9 Å². The Balaban J connectivity index is 1.42. The van der Waals surface area contributed by atoms with Crippen LogP contribution in [0.4, 0.5) is 10.9 Å². The fraction of sp³-hybridized carbons (Fsp3) is 0.208. The minimum Gasteiger partial charge on any atom is -0.463 e. The van der Waals surface area contributed by atoms with Gasteiger partial charge >= 0.3 is 0 Å². The van der Waals surface area contributed by atoms with E-state index in [1.54, 1.807) is 54.9 Å². The highest BCUT2D eigenvalue weighted by Crippen LogP contribution is 2.33. The van der Waals surface area contributed by atoms with Gasteiger partial charge in [-0.05, 0) is 55.7 Å². The quantitative estimate of drug-likeness (QED) is 0.418. The number of hydrogen-bond donors (Lipinski definition) is 1. The van der Waals surface area contributed by atoms with Gasteiger partial charge in [0.1, 0.15) is 22.1 Å². The first-order valence-corrected chi connectivity index (χ1v) is 11.5. The van der Waals surface area contributed by atoms with E-state index in [9.17, 15) is 9.59 Å². The van der Waals surface area contributed by atoms with Gasteiger partial charge in [-0.15, -0.1) is 0 Å². The maximum absolute atomic E-state index is 13.1. The van der Waals surface area contributed by atoms with E-state index in [-0.39, 0.29) is 11.7 Å². The monoisotopic (exact) mass is 459 g/mol. The molecular weight excluding hydrogens is 438 g/mol. The lowest BCUT2D eigenvalue weighted by Crippen LogP contribution is -2.30. The number of nitrogens with zero attached hydrogens (tertiary/aromatic N) is 4. The van der Waals surface area contributed by atoms with Crippen molar-refractivity contribution in [2.24, 2.45) is 0 Å². The lowest BCUT2D eigenvalue weighted by Gasteiger charge is -2.27. The number of piperidine rings is 1. The molecular formula is C24H21N5O3S. The van der Waals surface area contributed by atoms with Crippen molar-refractivity contribution in [1.29, 1.82) is 0 Å². The number of aromatic nitrogens is 3. The van der Waals surface area contributed by atoms with E-state index in [1.165, 1.54) is 12.7 Å². The summed E-state index contributed by atoms with van der Waals surface area (Å²) in [7, 11) is 0. The van der Waals surface area contributed by atoms with Gasteiger partial charge in [0.2, 0.25) is 5.78 Å². The van der Waals surface area contributed by atoms with Gasteiger partial charge < -0.3 is 9.32 Å². The summed E-state index contributed by atoms with van der Waals surface area (Å²) in [4.78, 5) is 41.7. The Bertz CT molecular complexity index is 1260. The lowest BCUT2D eigenvalue weighted by molar-refractivity contribution is 0.102. The van der Waals surface area contributed by atoms with Gasteiger partial charge in [0.05, 0.1) is 6.26 Å². The number of anilines is 2. The first kappa shape index (κ1) is 21.0. The minimum absolute atomic E-state index is 0.281. The molecule has 4 aromatic heterocycles.